The first-order chi connectivity index (χ1) is 10.2. The topological polar surface area (TPSA) is 53.0 Å². The summed E-state index contributed by atoms with van der Waals surface area (Å²) in [4.78, 5) is 2.27. The van der Waals surface area contributed by atoms with Crippen molar-refractivity contribution in [1.29, 1.82) is 5.26 Å². The van der Waals surface area contributed by atoms with Gasteiger partial charge in [-0.25, -0.2) is 0 Å². The van der Waals surface area contributed by atoms with Gasteiger partial charge in [0.1, 0.15) is 6.07 Å². The molecule has 0 aromatic heterocycles. The van der Waals surface area contributed by atoms with E-state index < -0.39 is 0 Å². The van der Waals surface area contributed by atoms with Gasteiger partial charge in [0.25, 0.3) is 0 Å². The number of nitrogens with zero attached hydrogens (tertiary/aromatic N) is 2. The molecule has 0 atom stereocenters. The molecule has 106 valence electrons. The molecule has 0 unspecified atom stereocenters. The Morgan fingerprint density at radius 1 is 1.19 bits per heavy atom. The van der Waals surface area contributed by atoms with E-state index in [0.29, 0.717) is 16.6 Å². The van der Waals surface area contributed by atoms with Crippen LogP contribution in [0, 0.1) is 11.3 Å². The van der Waals surface area contributed by atoms with E-state index in [1.807, 2.05) is 36.4 Å². The van der Waals surface area contributed by atoms with Crippen LogP contribution in [-0.2, 0) is 6.54 Å². The Bertz CT molecular complexity index is 684. The fraction of sp³-hybridized carbons (Fsp3) is 0.235. The quantitative estimate of drug-likeness (QED) is 0.869. The SMILES string of the molecule is N#Cc1c(Cl)cccc1N(Cc1ccc(N)cc1)C1CC1. The first kappa shape index (κ1) is 13.8. The van der Waals surface area contributed by atoms with E-state index in [4.69, 9.17) is 17.3 Å². The van der Waals surface area contributed by atoms with Crippen molar-refractivity contribution in [2.75, 3.05) is 10.6 Å². The molecule has 0 bridgehead atoms. The minimum Gasteiger partial charge on any atom is -0.399 e. The van der Waals surface area contributed by atoms with Crippen LogP contribution < -0.4 is 10.6 Å². The van der Waals surface area contributed by atoms with Gasteiger partial charge in [0, 0.05) is 18.3 Å². The molecule has 0 saturated heterocycles. The Morgan fingerprint density at radius 2 is 1.90 bits per heavy atom. The fourth-order valence-corrected chi connectivity index (χ4v) is 2.69. The lowest BCUT2D eigenvalue weighted by atomic mass is 10.1. The summed E-state index contributed by atoms with van der Waals surface area (Å²) in [6, 6.07) is 16.2. The van der Waals surface area contributed by atoms with Crippen molar-refractivity contribution in [1.82, 2.24) is 0 Å². The molecule has 2 N–H and O–H groups in total. The molecule has 1 fully saturated rings. The van der Waals surface area contributed by atoms with Crippen molar-refractivity contribution in [2.45, 2.75) is 25.4 Å². The van der Waals surface area contributed by atoms with E-state index in [2.05, 4.69) is 11.0 Å². The zero-order valence-electron chi connectivity index (χ0n) is 11.6. The highest BCUT2D eigenvalue weighted by Crippen LogP contribution is 2.36. The Labute approximate surface area is 129 Å². The minimum absolute atomic E-state index is 0.494. The molecule has 3 rings (SSSR count). The molecular weight excluding hydrogens is 282 g/mol. The molecule has 0 spiro atoms. The zero-order chi connectivity index (χ0) is 14.8. The minimum atomic E-state index is 0.494. The molecule has 0 aliphatic heterocycles. The van der Waals surface area contributed by atoms with Gasteiger partial charge in [-0.05, 0) is 42.7 Å². The van der Waals surface area contributed by atoms with E-state index in [1.54, 1.807) is 6.07 Å². The summed E-state index contributed by atoms with van der Waals surface area (Å²) in [7, 11) is 0. The lowest BCUT2D eigenvalue weighted by Gasteiger charge is -2.26. The second kappa shape index (κ2) is 5.67. The van der Waals surface area contributed by atoms with Crippen molar-refractivity contribution in [2.24, 2.45) is 0 Å². The number of nitrogens with two attached hydrogens (primary N) is 1. The zero-order valence-corrected chi connectivity index (χ0v) is 12.3. The number of rotatable bonds is 4. The van der Waals surface area contributed by atoms with Crippen molar-refractivity contribution in [3.63, 3.8) is 0 Å². The highest BCUT2D eigenvalue weighted by molar-refractivity contribution is 6.32. The third-order valence-corrected chi connectivity index (χ3v) is 4.05. The summed E-state index contributed by atoms with van der Waals surface area (Å²) in [6.07, 6.45) is 2.32. The summed E-state index contributed by atoms with van der Waals surface area (Å²) >= 11 is 6.16. The Morgan fingerprint density at radius 3 is 2.52 bits per heavy atom. The monoisotopic (exact) mass is 297 g/mol. The average Bonchev–Trinajstić information content (AvgIpc) is 3.31. The van der Waals surface area contributed by atoms with Crippen LogP contribution in [0.25, 0.3) is 0 Å². The molecule has 1 aliphatic rings. The lowest BCUT2D eigenvalue weighted by molar-refractivity contribution is 0.793. The molecule has 1 aliphatic carbocycles. The maximum absolute atomic E-state index is 9.38. The maximum Gasteiger partial charge on any atom is 0.103 e. The number of nitriles is 1. The molecule has 0 amide bonds. The van der Waals surface area contributed by atoms with Gasteiger partial charge in [-0.3, -0.25) is 0 Å². The van der Waals surface area contributed by atoms with Crippen LogP contribution >= 0.6 is 11.6 Å². The van der Waals surface area contributed by atoms with Crippen LogP contribution in [0.4, 0.5) is 11.4 Å². The third kappa shape index (κ3) is 2.96. The van der Waals surface area contributed by atoms with E-state index in [1.165, 1.54) is 5.56 Å². The second-order valence-corrected chi connectivity index (χ2v) is 5.75. The molecule has 2 aromatic rings. The van der Waals surface area contributed by atoms with Crippen molar-refractivity contribution in [3.8, 4) is 6.07 Å². The van der Waals surface area contributed by atoms with Gasteiger partial charge in [-0.1, -0.05) is 29.8 Å². The van der Waals surface area contributed by atoms with Gasteiger partial charge in [-0.15, -0.1) is 0 Å². The van der Waals surface area contributed by atoms with E-state index in [-0.39, 0.29) is 0 Å². The normalized spacial score (nSPS) is 13.7. The summed E-state index contributed by atoms with van der Waals surface area (Å²) < 4.78 is 0. The van der Waals surface area contributed by atoms with E-state index >= 15 is 0 Å². The highest BCUT2D eigenvalue weighted by atomic mass is 35.5. The van der Waals surface area contributed by atoms with Crippen LogP contribution in [0.1, 0.15) is 24.0 Å². The van der Waals surface area contributed by atoms with E-state index in [0.717, 1.165) is 30.8 Å². The van der Waals surface area contributed by atoms with Gasteiger partial charge in [-0.2, -0.15) is 5.26 Å². The molecule has 1 saturated carbocycles. The third-order valence-electron chi connectivity index (χ3n) is 3.73. The Kier molecular flexibility index (Phi) is 3.72. The molecule has 21 heavy (non-hydrogen) atoms. The number of hydrogen-bond acceptors (Lipinski definition) is 3. The number of halogens is 1. The van der Waals surface area contributed by atoms with Crippen LogP contribution in [0.5, 0.6) is 0 Å². The maximum atomic E-state index is 9.38. The number of benzene rings is 2. The van der Waals surface area contributed by atoms with Gasteiger partial charge < -0.3 is 10.6 Å². The van der Waals surface area contributed by atoms with Crippen LogP contribution in [0.2, 0.25) is 5.02 Å². The predicted octanol–water partition coefficient (Wildman–Crippen LogP) is 3.96. The molecule has 0 heterocycles. The standard InChI is InChI=1S/C17H16ClN3/c18-16-2-1-3-17(15(16)10-19)21(14-8-9-14)11-12-4-6-13(20)7-5-12/h1-7,14H,8-9,11,20H2. The number of hydrogen-bond donors (Lipinski definition) is 1. The van der Waals surface area contributed by atoms with Gasteiger partial charge in [0.05, 0.1) is 16.3 Å². The van der Waals surface area contributed by atoms with Crippen molar-refractivity contribution < 1.29 is 0 Å². The molecule has 0 radical (unpaired) electrons. The number of nitrogen functional groups attached to an aromatic ring is 1. The first-order valence-electron chi connectivity index (χ1n) is 6.98. The van der Waals surface area contributed by atoms with Crippen molar-refractivity contribution >= 4 is 23.0 Å². The highest BCUT2D eigenvalue weighted by Gasteiger charge is 2.31. The van der Waals surface area contributed by atoms with Crippen LogP contribution in [-0.4, -0.2) is 6.04 Å². The largest absolute Gasteiger partial charge is 0.399 e. The molecular formula is C17H16ClN3. The Balaban J connectivity index is 1.94. The summed E-state index contributed by atoms with van der Waals surface area (Å²) in [5, 5.41) is 9.89. The van der Waals surface area contributed by atoms with Crippen LogP contribution in [0.15, 0.2) is 42.5 Å². The predicted molar refractivity (Wildman–Crippen MR) is 86.2 cm³/mol. The lowest BCUT2D eigenvalue weighted by Crippen LogP contribution is -2.25. The number of anilines is 2. The van der Waals surface area contributed by atoms with Gasteiger partial charge >= 0.3 is 0 Å². The second-order valence-electron chi connectivity index (χ2n) is 5.35. The molecule has 2 aromatic carbocycles. The first-order valence-corrected chi connectivity index (χ1v) is 7.36. The van der Waals surface area contributed by atoms with Crippen molar-refractivity contribution in [3.05, 3.63) is 58.6 Å². The Hall–Kier alpha value is -2.18. The fourth-order valence-electron chi connectivity index (χ4n) is 2.48. The molecule has 4 heteroatoms. The van der Waals surface area contributed by atoms with E-state index in [9.17, 15) is 5.26 Å². The van der Waals surface area contributed by atoms with Crippen LogP contribution in [0.3, 0.4) is 0 Å². The van der Waals surface area contributed by atoms with Gasteiger partial charge in [0.2, 0.25) is 0 Å². The summed E-state index contributed by atoms with van der Waals surface area (Å²) in [5.74, 6) is 0. The summed E-state index contributed by atoms with van der Waals surface area (Å²) in [5.41, 5.74) is 9.15. The molecule has 3 nitrogen and oxygen atoms in total. The summed E-state index contributed by atoms with van der Waals surface area (Å²) in [6.45, 7) is 0.764. The van der Waals surface area contributed by atoms with Gasteiger partial charge in [0.15, 0.2) is 0 Å². The average molecular weight is 298 g/mol. The smallest absolute Gasteiger partial charge is 0.103 e.